The summed E-state index contributed by atoms with van der Waals surface area (Å²) in [5.74, 6) is 0.427. The number of hydrogen-bond acceptors (Lipinski definition) is 3. The van der Waals surface area contributed by atoms with E-state index in [9.17, 15) is 4.79 Å². The second-order valence-electron chi connectivity index (χ2n) is 4.96. The van der Waals surface area contributed by atoms with Crippen molar-refractivity contribution in [1.29, 1.82) is 5.26 Å². The zero-order valence-corrected chi connectivity index (χ0v) is 11.1. The lowest BCUT2D eigenvalue weighted by atomic mass is 10.0. The van der Waals surface area contributed by atoms with Crippen LogP contribution in [0.5, 0.6) is 0 Å². The second-order valence-corrected chi connectivity index (χ2v) is 4.96. The summed E-state index contributed by atoms with van der Waals surface area (Å²) in [5, 5.41) is 8.73. The molecule has 1 aliphatic rings. The molecule has 1 aromatic rings. The van der Waals surface area contributed by atoms with E-state index in [0.717, 1.165) is 32.6 Å². The van der Waals surface area contributed by atoms with E-state index in [1.165, 1.54) is 0 Å². The lowest BCUT2D eigenvalue weighted by molar-refractivity contribution is 0.0388. The molecule has 1 amide bonds. The van der Waals surface area contributed by atoms with Crippen LogP contribution in [0.4, 0.5) is 0 Å². The monoisotopic (exact) mass is 258 g/mol. The number of hydrogen-bond donors (Lipinski definition) is 0. The summed E-state index contributed by atoms with van der Waals surface area (Å²) in [5.41, 5.74) is 1.19. The molecule has 0 aromatic heterocycles. The Labute approximate surface area is 113 Å². The van der Waals surface area contributed by atoms with Gasteiger partial charge in [0.05, 0.1) is 18.2 Å². The van der Waals surface area contributed by atoms with Gasteiger partial charge in [-0.25, -0.2) is 0 Å². The van der Waals surface area contributed by atoms with Crippen molar-refractivity contribution in [2.24, 2.45) is 5.92 Å². The van der Waals surface area contributed by atoms with Crippen LogP contribution in [-0.4, -0.2) is 37.6 Å². The molecule has 0 N–H and O–H groups in total. The fraction of sp³-hybridized carbons (Fsp3) is 0.467. The minimum atomic E-state index is -0.00457. The Morgan fingerprint density at radius 1 is 1.47 bits per heavy atom. The van der Waals surface area contributed by atoms with Crippen molar-refractivity contribution >= 4 is 5.91 Å². The van der Waals surface area contributed by atoms with E-state index in [0.29, 0.717) is 17.0 Å². The van der Waals surface area contributed by atoms with Crippen LogP contribution in [0.25, 0.3) is 0 Å². The van der Waals surface area contributed by atoms with Crippen LogP contribution in [0.1, 0.15) is 28.8 Å². The summed E-state index contributed by atoms with van der Waals surface area (Å²) in [4.78, 5) is 14.0. The number of nitriles is 1. The first-order valence-corrected chi connectivity index (χ1v) is 6.54. The number of amides is 1. The van der Waals surface area contributed by atoms with E-state index in [4.69, 9.17) is 10.00 Å². The maximum atomic E-state index is 12.2. The molecule has 19 heavy (non-hydrogen) atoms. The molecule has 1 aliphatic heterocycles. The molecular formula is C15H18N2O2. The molecule has 2 rings (SSSR count). The average molecular weight is 258 g/mol. The molecule has 0 bridgehead atoms. The minimum absolute atomic E-state index is 0.00457. The molecule has 0 saturated carbocycles. The topological polar surface area (TPSA) is 53.3 Å². The van der Waals surface area contributed by atoms with Gasteiger partial charge in [-0.2, -0.15) is 5.26 Å². The first-order chi connectivity index (χ1) is 9.20. The van der Waals surface area contributed by atoms with Crippen molar-refractivity contribution < 1.29 is 9.53 Å². The van der Waals surface area contributed by atoms with Gasteiger partial charge in [-0.15, -0.1) is 0 Å². The van der Waals surface area contributed by atoms with Crippen molar-refractivity contribution in [3.63, 3.8) is 0 Å². The van der Waals surface area contributed by atoms with Crippen LogP contribution < -0.4 is 0 Å². The molecule has 0 aliphatic carbocycles. The molecular weight excluding hydrogens is 240 g/mol. The van der Waals surface area contributed by atoms with E-state index in [-0.39, 0.29) is 5.91 Å². The van der Waals surface area contributed by atoms with Crippen LogP contribution in [0.2, 0.25) is 0 Å². The van der Waals surface area contributed by atoms with Crippen LogP contribution in [0.3, 0.4) is 0 Å². The molecule has 0 radical (unpaired) electrons. The third kappa shape index (κ3) is 3.55. The Bertz CT molecular complexity index is 470. The Morgan fingerprint density at radius 2 is 2.21 bits per heavy atom. The van der Waals surface area contributed by atoms with Gasteiger partial charge in [0, 0.05) is 25.8 Å². The number of nitrogens with zero attached hydrogens (tertiary/aromatic N) is 2. The Balaban J connectivity index is 1.95. The maximum absolute atomic E-state index is 12.2. The second kappa shape index (κ2) is 6.35. The minimum Gasteiger partial charge on any atom is -0.381 e. The average Bonchev–Trinajstić information content (AvgIpc) is 2.47. The number of rotatable bonds is 3. The first kappa shape index (κ1) is 13.6. The molecule has 100 valence electrons. The van der Waals surface area contributed by atoms with Crippen LogP contribution in [-0.2, 0) is 4.74 Å². The normalized spacial score (nSPS) is 18.6. The van der Waals surface area contributed by atoms with Crippen molar-refractivity contribution in [3.05, 3.63) is 35.4 Å². The van der Waals surface area contributed by atoms with Gasteiger partial charge in [0.25, 0.3) is 5.91 Å². The summed E-state index contributed by atoms with van der Waals surface area (Å²) in [6, 6.07) is 8.80. The van der Waals surface area contributed by atoms with Crippen molar-refractivity contribution in [3.8, 4) is 6.07 Å². The number of carbonyl (C=O) groups is 1. The van der Waals surface area contributed by atoms with Gasteiger partial charge in [-0.3, -0.25) is 4.79 Å². The summed E-state index contributed by atoms with van der Waals surface area (Å²) in [6.45, 7) is 2.30. The fourth-order valence-corrected chi connectivity index (χ4v) is 2.33. The fourth-order valence-electron chi connectivity index (χ4n) is 2.33. The Hall–Kier alpha value is -1.86. The van der Waals surface area contributed by atoms with Crippen LogP contribution in [0.15, 0.2) is 24.3 Å². The number of carbonyl (C=O) groups excluding carboxylic acids is 1. The van der Waals surface area contributed by atoms with E-state index < -0.39 is 0 Å². The molecule has 4 nitrogen and oxygen atoms in total. The third-order valence-electron chi connectivity index (χ3n) is 3.39. The highest BCUT2D eigenvalue weighted by Crippen LogP contribution is 2.15. The predicted octanol–water partition coefficient (Wildman–Crippen LogP) is 2.06. The third-order valence-corrected chi connectivity index (χ3v) is 3.39. The zero-order valence-electron chi connectivity index (χ0n) is 11.1. The van der Waals surface area contributed by atoms with Gasteiger partial charge in [0.2, 0.25) is 0 Å². The highest BCUT2D eigenvalue weighted by atomic mass is 16.5. The molecule has 1 saturated heterocycles. The molecule has 1 aromatic carbocycles. The molecule has 1 unspecified atom stereocenters. The van der Waals surface area contributed by atoms with Gasteiger partial charge in [-0.1, -0.05) is 0 Å². The lowest BCUT2D eigenvalue weighted by Crippen LogP contribution is -2.35. The summed E-state index contributed by atoms with van der Waals surface area (Å²) < 4.78 is 5.42. The highest BCUT2D eigenvalue weighted by Gasteiger charge is 2.19. The van der Waals surface area contributed by atoms with Gasteiger partial charge in [-0.05, 0) is 43.0 Å². The molecule has 4 heteroatoms. The summed E-state index contributed by atoms with van der Waals surface area (Å²) in [6.07, 6.45) is 2.19. The van der Waals surface area contributed by atoms with Gasteiger partial charge < -0.3 is 9.64 Å². The first-order valence-electron chi connectivity index (χ1n) is 6.54. The highest BCUT2D eigenvalue weighted by molar-refractivity contribution is 5.94. The van der Waals surface area contributed by atoms with Gasteiger partial charge in [0.15, 0.2) is 0 Å². The molecule has 1 heterocycles. The van der Waals surface area contributed by atoms with E-state index in [1.54, 1.807) is 29.2 Å². The molecule has 1 fully saturated rings. The lowest BCUT2D eigenvalue weighted by Gasteiger charge is -2.27. The smallest absolute Gasteiger partial charge is 0.253 e. The van der Waals surface area contributed by atoms with E-state index in [2.05, 4.69) is 0 Å². The molecule has 1 atom stereocenters. The van der Waals surface area contributed by atoms with Crippen LogP contribution in [0, 0.1) is 17.2 Å². The zero-order chi connectivity index (χ0) is 13.7. The molecule has 0 spiro atoms. The van der Waals surface area contributed by atoms with Crippen molar-refractivity contribution in [2.45, 2.75) is 12.8 Å². The SMILES string of the molecule is CN(CC1CCCOC1)C(=O)c1ccc(C#N)cc1. The Morgan fingerprint density at radius 3 is 2.79 bits per heavy atom. The summed E-state index contributed by atoms with van der Waals surface area (Å²) in [7, 11) is 1.81. The van der Waals surface area contributed by atoms with Gasteiger partial charge in [0.1, 0.15) is 0 Å². The standard InChI is InChI=1S/C15H18N2O2/c1-17(10-13-3-2-8-19-11-13)15(18)14-6-4-12(9-16)5-7-14/h4-7,13H,2-3,8,10-11H2,1H3. The Kier molecular flexibility index (Phi) is 4.53. The van der Waals surface area contributed by atoms with E-state index >= 15 is 0 Å². The van der Waals surface area contributed by atoms with E-state index in [1.807, 2.05) is 13.1 Å². The van der Waals surface area contributed by atoms with Crippen molar-refractivity contribution in [2.75, 3.05) is 26.8 Å². The largest absolute Gasteiger partial charge is 0.381 e. The number of benzene rings is 1. The summed E-state index contributed by atoms with van der Waals surface area (Å²) >= 11 is 0. The van der Waals surface area contributed by atoms with Gasteiger partial charge >= 0.3 is 0 Å². The maximum Gasteiger partial charge on any atom is 0.253 e. The predicted molar refractivity (Wildman–Crippen MR) is 71.7 cm³/mol. The quantitative estimate of drug-likeness (QED) is 0.833. The number of ether oxygens (including phenoxy) is 1. The van der Waals surface area contributed by atoms with Crippen LogP contribution >= 0.6 is 0 Å². The van der Waals surface area contributed by atoms with Crippen molar-refractivity contribution in [1.82, 2.24) is 4.90 Å².